The Balaban J connectivity index is 1.02. The number of para-hydroxylation sites is 2. The molecule has 0 saturated heterocycles. The summed E-state index contributed by atoms with van der Waals surface area (Å²) < 4.78 is 42.1. The van der Waals surface area contributed by atoms with E-state index in [-0.39, 0.29) is 42.5 Å². The number of ether oxygens (including phenoxy) is 2. The van der Waals surface area contributed by atoms with Crippen LogP contribution in [-0.4, -0.2) is 38.0 Å². The van der Waals surface area contributed by atoms with E-state index in [9.17, 15) is 14.0 Å². The SMILES string of the molecule is CCOc1c(CON(CC)c2ccccc2F)cc2ccccc2c1N=Nc1ccc2c(c1)C(=O)c1cc(N=Nc3c(OCC)c(C(=O)N(CC)c4ccccc4F)cc4ccccc34)ccc1-2. The zero-order chi connectivity index (χ0) is 47.3. The van der Waals surface area contributed by atoms with Crippen molar-refractivity contribution < 1.29 is 32.7 Å². The molecule has 1 aliphatic rings. The summed E-state index contributed by atoms with van der Waals surface area (Å²) in [6.07, 6.45) is 0. The number of fused-ring (bicyclic) bond motifs is 5. The highest BCUT2D eigenvalue weighted by molar-refractivity contribution is 6.22. The normalized spacial score (nSPS) is 12.0. The number of amides is 1. The van der Waals surface area contributed by atoms with E-state index in [0.29, 0.717) is 74.8 Å². The Morgan fingerprint density at radius 3 is 1.62 bits per heavy atom. The Bertz CT molecular complexity index is 3300. The zero-order valence-electron chi connectivity index (χ0n) is 37.9. The van der Waals surface area contributed by atoms with Crippen LogP contribution in [0, 0.1) is 11.6 Å². The number of nitrogens with zero attached hydrogens (tertiary/aromatic N) is 6. The van der Waals surface area contributed by atoms with E-state index in [1.165, 1.54) is 22.1 Å². The van der Waals surface area contributed by atoms with Crippen molar-refractivity contribution in [3.63, 3.8) is 0 Å². The fourth-order valence-corrected chi connectivity index (χ4v) is 8.50. The largest absolute Gasteiger partial charge is 0.491 e. The van der Waals surface area contributed by atoms with Crippen LogP contribution in [0.3, 0.4) is 0 Å². The minimum Gasteiger partial charge on any atom is -0.491 e. The first-order valence-electron chi connectivity index (χ1n) is 22.5. The second-order valence-electron chi connectivity index (χ2n) is 15.7. The molecule has 0 N–H and O–H groups in total. The van der Waals surface area contributed by atoms with E-state index in [0.717, 1.165) is 21.9 Å². The molecule has 1 amide bonds. The van der Waals surface area contributed by atoms with Crippen LogP contribution >= 0.6 is 0 Å². The Hall–Kier alpha value is -8.16. The quantitative estimate of drug-likeness (QED) is 0.0704. The van der Waals surface area contributed by atoms with Gasteiger partial charge in [0.1, 0.15) is 29.6 Å². The molecular formula is C55H46F2N6O5. The number of carbonyl (C=O) groups excluding carboxylic acids is 2. The maximum Gasteiger partial charge on any atom is 0.262 e. The number of carbonyl (C=O) groups is 2. The van der Waals surface area contributed by atoms with Crippen LogP contribution in [0.1, 0.15) is 59.5 Å². The standard InChI is InChI=1S/C55H46F2N6O5/c1-5-62(48-23-15-13-21-46(48)56)55(65)45-30-35-18-10-12-20-40(35)51(54(45)67-8-4)61-59-38-26-28-42-41-27-25-37(31-43(41)52(64)44(42)32-38)58-60-50-39-19-11-9-17-34(39)29-36(53(50)66-7-3)33-68-63(6-2)49-24-16-14-22-47(49)57/h9-32H,5-8,33H2,1-4H3. The molecule has 0 aromatic heterocycles. The van der Waals surface area contributed by atoms with E-state index in [1.807, 2.05) is 93.6 Å². The molecule has 0 radical (unpaired) electrons. The van der Waals surface area contributed by atoms with Gasteiger partial charge in [-0.3, -0.25) is 19.5 Å². The Morgan fingerprint density at radius 2 is 1.06 bits per heavy atom. The first-order chi connectivity index (χ1) is 33.2. The van der Waals surface area contributed by atoms with E-state index in [1.54, 1.807) is 67.6 Å². The summed E-state index contributed by atoms with van der Waals surface area (Å²) in [5.74, 6) is -0.879. The summed E-state index contributed by atoms with van der Waals surface area (Å²) in [4.78, 5) is 35.9. The molecule has 0 heterocycles. The van der Waals surface area contributed by atoms with Crippen molar-refractivity contribution in [2.75, 3.05) is 36.3 Å². The first kappa shape index (κ1) is 45.0. The maximum absolute atomic E-state index is 15.0. The third kappa shape index (κ3) is 8.67. The molecule has 340 valence electrons. The number of azo groups is 2. The molecular weight excluding hydrogens is 863 g/mol. The lowest BCUT2D eigenvalue weighted by atomic mass is 10.0. The molecule has 0 unspecified atom stereocenters. The molecule has 0 saturated carbocycles. The average molecular weight is 909 g/mol. The second-order valence-corrected chi connectivity index (χ2v) is 15.7. The topological polar surface area (TPSA) is 118 Å². The van der Waals surface area contributed by atoms with Crippen LogP contribution in [0.15, 0.2) is 166 Å². The highest BCUT2D eigenvalue weighted by atomic mass is 19.1. The van der Waals surface area contributed by atoms with Gasteiger partial charge in [-0.05, 0) is 110 Å². The van der Waals surface area contributed by atoms with Crippen molar-refractivity contribution in [2.24, 2.45) is 20.5 Å². The highest BCUT2D eigenvalue weighted by Gasteiger charge is 2.29. The summed E-state index contributed by atoms with van der Waals surface area (Å²) >= 11 is 0. The number of benzene rings is 8. The molecule has 0 bridgehead atoms. The van der Waals surface area contributed by atoms with Crippen LogP contribution < -0.4 is 19.4 Å². The lowest BCUT2D eigenvalue weighted by Gasteiger charge is -2.24. The summed E-state index contributed by atoms with van der Waals surface area (Å²) in [5.41, 5.74) is 5.45. The van der Waals surface area contributed by atoms with Gasteiger partial charge in [0.2, 0.25) is 0 Å². The van der Waals surface area contributed by atoms with Crippen molar-refractivity contribution in [2.45, 2.75) is 34.3 Å². The van der Waals surface area contributed by atoms with Crippen molar-refractivity contribution >= 4 is 67.4 Å². The van der Waals surface area contributed by atoms with E-state index in [4.69, 9.17) is 19.4 Å². The summed E-state index contributed by atoms with van der Waals surface area (Å²) in [6, 6.07) is 42.2. The fourth-order valence-electron chi connectivity index (χ4n) is 8.50. The van der Waals surface area contributed by atoms with Crippen molar-refractivity contribution in [3.05, 3.63) is 179 Å². The summed E-state index contributed by atoms with van der Waals surface area (Å²) in [6.45, 7) is 8.60. The predicted molar refractivity (Wildman–Crippen MR) is 262 cm³/mol. The van der Waals surface area contributed by atoms with E-state index >= 15 is 4.39 Å². The number of halogens is 2. The number of hydroxylamine groups is 1. The van der Waals surface area contributed by atoms with Gasteiger partial charge in [0.25, 0.3) is 5.91 Å². The Kier molecular flexibility index (Phi) is 13.1. The first-order valence-corrected chi connectivity index (χ1v) is 22.5. The van der Waals surface area contributed by atoms with Gasteiger partial charge in [0.15, 0.2) is 17.3 Å². The monoisotopic (exact) mass is 908 g/mol. The average Bonchev–Trinajstić information content (AvgIpc) is 3.64. The van der Waals surface area contributed by atoms with Crippen LogP contribution in [0.4, 0.5) is 42.9 Å². The van der Waals surface area contributed by atoms with Crippen LogP contribution in [-0.2, 0) is 11.4 Å². The molecule has 0 atom stereocenters. The van der Waals surface area contributed by atoms with Crippen molar-refractivity contribution in [3.8, 4) is 22.6 Å². The molecule has 9 rings (SSSR count). The highest BCUT2D eigenvalue weighted by Crippen LogP contribution is 2.45. The minimum atomic E-state index is -0.521. The predicted octanol–water partition coefficient (Wildman–Crippen LogP) is 14.7. The van der Waals surface area contributed by atoms with Gasteiger partial charge in [-0.15, -0.1) is 10.2 Å². The van der Waals surface area contributed by atoms with Crippen LogP contribution in [0.5, 0.6) is 11.5 Å². The Labute approximate surface area is 391 Å². The zero-order valence-corrected chi connectivity index (χ0v) is 37.9. The maximum atomic E-state index is 15.0. The molecule has 1 aliphatic carbocycles. The number of anilines is 2. The number of hydrogen-bond donors (Lipinski definition) is 0. The van der Waals surface area contributed by atoms with Gasteiger partial charge < -0.3 is 14.4 Å². The third-order valence-electron chi connectivity index (χ3n) is 11.6. The molecule has 0 spiro atoms. The van der Waals surface area contributed by atoms with Gasteiger partial charge in [-0.25, -0.2) is 8.78 Å². The van der Waals surface area contributed by atoms with Crippen molar-refractivity contribution in [1.82, 2.24) is 0 Å². The molecule has 68 heavy (non-hydrogen) atoms. The molecule has 13 heteroatoms. The fraction of sp³-hybridized carbons (Fsp3) is 0.164. The molecule has 8 aromatic carbocycles. The summed E-state index contributed by atoms with van der Waals surface area (Å²) in [7, 11) is 0. The second kappa shape index (κ2) is 19.7. The summed E-state index contributed by atoms with van der Waals surface area (Å²) in [5, 5.41) is 23.3. The van der Waals surface area contributed by atoms with Gasteiger partial charge >= 0.3 is 0 Å². The van der Waals surface area contributed by atoms with Gasteiger partial charge in [-0.1, -0.05) is 84.9 Å². The van der Waals surface area contributed by atoms with Crippen molar-refractivity contribution in [1.29, 1.82) is 0 Å². The molecule has 8 aromatic rings. The number of rotatable bonds is 16. The van der Waals surface area contributed by atoms with Gasteiger partial charge in [-0.2, -0.15) is 10.2 Å². The van der Waals surface area contributed by atoms with E-state index in [2.05, 4.69) is 15.3 Å². The lowest BCUT2D eigenvalue weighted by Crippen LogP contribution is -2.31. The van der Waals surface area contributed by atoms with Gasteiger partial charge in [0, 0.05) is 40.6 Å². The van der Waals surface area contributed by atoms with Crippen LogP contribution in [0.2, 0.25) is 0 Å². The Morgan fingerprint density at radius 1 is 0.544 bits per heavy atom. The molecule has 0 fully saturated rings. The molecule has 11 nitrogen and oxygen atoms in total. The van der Waals surface area contributed by atoms with E-state index < -0.39 is 17.5 Å². The van der Waals surface area contributed by atoms with Crippen LogP contribution in [0.25, 0.3) is 32.7 Å². The third-order valence-corrected chi connectivity index (χ3v) is 11.6. The number of hydrogen-bond acceptors (Lipinski definition) is 10. The van der Waals surface area contributed by atoms with Gasteiger partial charge in [0.05, 0.1) is 41.5 Å². The number of ketones is 1. The lowest BCUT2D eigenvalue weighted by molar-refractivity contribution is 0.0938. The molecule has 0 aliphatic heterocycles. The minimum absolute atomic E-state index is 0.0725. The smallest absolute Gasteiger partial charge is 0.262 e.